The van der Waals surface area contributed by atoms with Gasteiger partial charge in [0.1, 0.15) is 0 Å². The Morgan fingerprint density at radius 2 is 1.10 bits per heavy atom. The van der Waals surface area contributed by atoms with Crippen LogP contribution < -0.4 is 0 Å². The first kappa shape index (κ1) is 36.1. The lowest BCUT2D eigenvalue weighted by Gasteiger charge is -2.14. The maximum absolute atomic E-state index is 12.8. The summed E-state index contributed by atoms with van der Waals surface area (Å²) in [6.07, 6.45) is 7.31. The van der Waals surface area contributed by atoms with Crippen LogP contribution in [0.25, 0.3) is 55.5 Å². The Labute approximate surface area is 303 Å². The molecule has 6 heteroatoms. The van der Waals surface area contributed by atoms with Crippen molar-refractivity contribution in [3.63, 3.8) is 0 Å². The number of hydrogen-bond acceptors (Lipinski definition) is 4. The minimum Gasteiger partial charge on any atom is -0.469 e. The standard InChI is InChI=1S/C45H54N4O2/c1-10-27-29(12-3)38-24-40-31(14-5)33(16-7)44(48-40)43(35-21-19-18-20-26(35)22-42(50)51-9)45-34(17-8)32(15-6)41(49-45)25-39-30(13-4)28(11-2)37(47-39)23-36(27)46-38/h18-21,23-25,46,48H,10-17,22H2,1-9H3. The van der Waals surface area contributed by atoms with Crippen LogP contribution in [0.1, 0.15) is 132 Å². The molecule has 51 heavy (non-hydrogen) atoms. The second-order valence-corrected chi connectivity index (χ2v) is 13.5. The van der Waals surface area contributed by atoms with Crippen molar-refractivity contribution in [2.45, 2.75) is 113 Å². The molecule has 0 spiro atoms. The van der Waals surface area contributed by atoms with E-state index >= 15 is 0 Å². The highest BCUT2D eigenvalue weighted by atomic mass is 16.5. The zero-order chi connectivity index (χ0) is 36.4. The number of H-pyrrole nitrogens is 2. The molecule has 5 heterocycles. The highest BCUT2D eigenvalue weighted by molar-refractivity contribution is 6.03. The molecule has 0 aliphatic carbocycles. The summed E-state index contributed by atoms with van der Waals surface area (Å²) in [6, 6.07) is 15.1. The van der Waals surface area contributed by atoms with Crippen LogP contribution in [0, 0.1) is 0 Å². The summed E-state index contributed by atoms with van der Waals surface area (Å²) in [7, 11) is 1.46. The van der Waals surface area contributed by atoms with Gasteiger partial charge in [-0.3, -0.25) is 4.79 Å². The highest BCUT2D eigenvalue weighted by Crippen LogP contribution is 2.44. The summed E-state index contributed by atoms with van der Waals surface area (Å²) < 4.78 is 5.19. The van der Waals surface area contributed by atoms with E-state index in [0.29, 0.717) is 0 Å². The maximum Gasteiger partial charge on any atom is 0.309 e. The van der Waals surface area contributed by atoms with E-state index in [2.05, 4.69) is 102 Å². The summed E-state index contributed by atoms with van der Waals surface area (Å²) >= 11 is 0. The Hall–Kier alpha value is -4.71. The van der Waals surface area contributed by atoms with Crippen molar-refractivity contribution in [2.75, 3.05) is 7.11 Å². The molecule has 3 aromatic heterocycles. The summed E-state index contributed by atoms with van der Waals surface area (Å²) in [5.41, 5.74) is 21.9. The zero-order valence-electron chi connectivity index (χ0n) is 32.1. The van der Waals surface area contributed by atoms with E-state index in [4.69, 9.17) is 14.7 Å². The predicted octanol–water partition coefficient (Wildman–Crippen LogP) is 11.4. The van der Waals surface area contributed by atoms with Crippen molar-refractivity contribution in [3.8, 4) is 11.1 Å². The molecule has 2 aliphatic rings. The number of hydrogen-bond donors (Lipinski definition) is 2. The fourth-order valence-corrected chi connectivity index (χ4v) is 8.60. The molecule has 1 aromatic carbocycles. The molecule has 0 unspecified atom stereocenters. The molecule has 0 fully saturated rings. The number of fused-ring (bicyclic) bond motifs is 8. The van der Waals surface area contributed by atoms with E-state index in [1.54, 1.807) is 0 Å². The molecular weight excluding hydrogens is 629 g/mol. The molecule has 0 saturated heterocycles. The summed E-state index contributed by atoms with van der Waals surface area (Å²) in [5, 5.41) is 0. The van der Waals surface area contributed by atoms with Crippen molar-refractivity contribution in [1.29, 1.82) is 0 Å². The Kier molecular flexibility index (Phi) is 10.8. The molecule has 4 aromatic rings. The number of ether oxygens (including phenoxy) is 1. The van der Waals surface area contributed by atoms with Crippen molar-refractivity contribution >= 4 is 50.3 Å². The van der Waals surface area contributed by atoms with E-state index in [0.717, 1.165) is 113 Å². The fourth-order valence-electron chi connectivity index (χ4n) is 8.60. The monoisotopic (exact) mass is 682 g/mol. The van der Waals surface area contributed by atoms with Crippen LogP contribution >= 0.6 is 0 Å². The fraction of sp³-hybridized carbons (Fsp3) is 0.400. The third-order valence-electron chi connectivity index (χ3n) is 11.0. The molecule has 0 radical (unpaired) electrons. The van der Waals surface area contributed by atoms with E-state index in [9.17, 15) is 4.79 Å². The second-order valence-electron chi connectivity index (χ2n) is 13.5. The van der Waals surface area contributed by atoms with Gasteiger partial charge in [0.05, 0.1) is 41.8 Å². The van der Waals surface area contributed by atoms with Gasteiger partial charge in [-0.25, -0.2) is 9.97 Å². The number of esters is 1. The van der Waals surface area contributed by atoms with E-state index in [1.807, 2.05) is 6.07 Å². The van der Waals surface area contributed by atoms with Crippen molar-refractivity contribution < 1.29 is 9.53 Å². The Balaban J connectivity index is 1.93. The average Bonchev–Trinajstić information content (AvgIpc) is 3.87. The first-order chi connectivity index (χ1) is 24.8. The number of methoxy groups -OCH3 is 1. The minimum atomic E-state index is -0.258. The summed E-state index contributed by atoms with van der Waals surface area (Å²) in [6.45, 7) is 17.9. The van der Waals surface area contributed by atoms with Crippen molar-refractivity contribution in [2.24, 2.45) is 0 Å². The van der Waals surface area contributed by atoms with Gasteiger partial charge in [0.25, 0.3) is 0 Å². The van der Waals surface area contributed by atoms with Gasteiger partial charge in [0.15, 0.2) is 0 Å². The smallest absolute Gasteiger partial charge is 0.309 e. The molecule has 0 saturated carbocycles. The van der Waals surface area contributed by atoms with Crippen molar-refractivity contribution in [3.05, 3.63) is 93.1 Å². The van der Waals surface area contributed by atoms with E-state index in [1.165, 1.54) is 51.7 Å². The minimum absolute atomic E-state index is 0.182. The lowest BCUT2D eigenvalue weighted by Crippen LogP contribution is -2.06. The number of nitrogens with one attached hydrogen (secondary N) is 2. The third-order valence-corrected chi connectivity index (χ3v) is 11.0. The first-order valence-corrected chi connectivity index (χ1v) is 19.2. The predicted molar refractivity (Wildman–Crippen MR) is 214 cm³/mol. The molecule has 2 N–H and O–H groups in total. The molecule has 0 atom stereocenters. The number of rotatable bonds is 11. The highest BCUT2D eigenvalue weighted by Gasteiger charge is 2.27. The number of aryl methyl sites for hydroxylation is 4. The Morgan fingerprint density at radius 1 is 0.588 bits per heavy atom. The first-order valence-electron chi connectivity index (χ1n) is 19.2. The van der Waals surface area contributed by atoms with Gasteiger partial charge >= 0.3 is 5.97 Å². The van der Waals surface area contributed by atoms with Gasteiger partial charge in [0, 0.05) is 22.1 Å². The zero-order valence-corrected chi connectivity index (χ0v) is 32.1. The van der Waals surface area contributed by atoms with Crippen LogP contribution in [0.2, 0.25) is 0 Å². The number of allylic oxidation sites excluding steroid dienone is 4. The van der Waals surface area contributed by atoms with Crippen LogP contribution in [-0.4, -0.2) is 33.0 Å². The molecule has 0 amide bonds. The van der Waals surface area contributed by atoms with E-state index < -0.39 is 0 Å². The maximum atomic E-state index is 12.8. The Bertz CT molecular complexity index is 2230. The summed E-state index contributed by atoms with van der Waals surface area (Å²) in [4.78, 5) is 31.6. The quantitative estimate of drug-likeness (QED) is 0.154. The van der Waals surface area contributed by atoms with Gasteiger partial charge in [0.2, 0.25) is 0 Å². The Morgan fingerprint density at radius 3 is 1.69 bits per heavy atom. The van der Waals surface area contributed by atoms with Crippen molar-refractivity contribution in [1.82, 2.24) is 19.9 Å². The SMILES string of the molecule is CCC1=C(CC)c2cc3[nH]c(cc4[nH]c(c(CC)c4CC)c(-c4ccccc4CC(=O)OC)c4nc(cc1n2)C(CC)=C4CC)c(CC)c3CC. The van der Waals surface area contributed by atoms with Gasteiger partial charge in [-0.15, -0.1) is 0 Å². The van der Waals surface area contributed by atoms with Gasteiger partial charge < -0.3 is 14.7 Å². The number of aromatic amines is 2. The van der Waals surface area contributed by atoms with Crippen LogP contribution in [0.4, 0.5) is 0 Å². The topological polar surface area (TPSA) is 83.7 Å². The van der Waals surface area contributed by atoms with Crippen LogP contribution in [-0.2, 0) is 41.6 Å². The number of aromatic nitrogens is 4. The molecular formula is C45H54N4O2. The van der Waals surface area contributed by atoms with Crippen LogP contribution in [0.15, 0.2) is 42.5 Å². The van der Waals surface area contributed by atoms with Gasteiger partial charge in [-0.1, -0.05) is 79.7 Å². The largest absolute Gasteiger partial charge is 0.469 e. The number of carbonyl (C=O) groups is 1. The average molecular weight is 683 g/mol. The third kappa shape index (κ3) is 6.28. The lowest BCUT2D eigenvalue weighted by atomic mass is 9.90. The summed E-state index contributed by atoms with van der Waals surface area (Å²) in [5.74, 6) is -0.258. The van der Waals surface area contributed by atoms with Gasteiger partial charge in [-0.05, 0) is 125 Å². The number of benzene rings is 1. The second kappa shape index (κ2) is 15.3. The molecule has 2 aliphatic heterocycles. The molecule has 8 bridgehead atoms. The normalized spacial score (nSPS) is 13.0. The van der Waals surface area contributed by atoms with Crippen LogP contribution in [0.5, 0.6) is 0 Å². The molecule has 6 nitrogen and oxygen atoms in total. The van der Waals surface area contributed by atoms with Gasteiger partial charge in [-0.2, -0.15) is 0 Å². The molecule has 6 rings (SSSR count). The van der Waals surface area contributed by atoms with Crippen LogP contribution in [0.3, 0.4) is 0 Å². The van der Waals surface area contributed by atoms with E-state index in [-0.39, 0.29) is 12.4 Å². The lowest BCUT2D eigenvalue weighted by molar-refractivity contribution is -0.139. The molecule has 266 valence electrons. The number of carbonyl (C=O) groups excluding carboxylic acids is 1. The number of nitrogens with zero attached hydrogens (tertiary/aromatic N) is 2.